The lowest BCUT2D eigenvalue weighted by molar-refractivity contribution is 0.782. The van der Waals surface area contributed by atoms with Crippen LogP contribution in [0.2, 0.25) is 0 Å². The van der Waals surface area contributed by atoms with Gasteiger partial charge in [-0.1, -0.05) is 55.5 Å². The van der Waals surface area contributed by atoms with Crippen molar-refractivity contribution >= 4 is 31.9 Å². The number of hydrogen-bond donors (Lipinski definition) is 0. The molecule has 2 heteroatoms. The number of benzene rings is 2. The van der Waals surface area contributed by atoms with Gasteiger partial charge in [0.1, 0.15) is 0 Å². The Labute approximate surface area is 149 Å². The molecule has 0 aliphatic carbocycles. The summed E-state index contributed by atoms with van der Waals surface area (Å²) in [5.74, 6) is 12.8. The SMILES string of the molecule is Brc1ccc(C#CCCCCC#Cc2ccc(Br)cc2)cc1. The Morgan fingerprint density at radius 3 is 1.32 bits per heavy atom. The van der Waals surface area contributed by atoms with E-state index in [1.807, 2.05) is 48.5 Å². The third-order valence-electron chi connectivity index (χ3n) is 3.01. The monoisotopic (exact) mass is 414 g/mol. The summed E-state index contributed by atoms with van der Waals surface area (Å²) in [6.07, 6.45) is 4.04. The van der Waals surface area contributed by atoms with Gasteiger partial charge in [-0.3, -0.25) is 0 Å². The van der Waals surface area contributed by atoms with Crippen LogP contribution in [-0.2, 0) is 0 Å². The van der Waals surface area contributed by atoms with Crippen molar-refractivity contribution in [2.45, 2.75) is 25.7 Å². The van der Waals surface area contributed by atoms with Crippen LogP contribution in [0.5, 0.6) is 0 Å². The van der Waals surface area contributed by atoms with E-state index in [-0.39, 0.29) is 0 Å². The Balaban J connectivity index is 1.66. The molecule has 0 fully saturated rings. The predicted molar refractivity (Wildman–Crippen MR) is 101 cm³/mol. The topological polar surface area (TPSA) is 0 Å². The van der Waals surface area contributed by atoms with Gasteiger partial charge < -0.3 is 0 Å². The van der Waals surface area contributed by atoms with Gasteiger partial charge in [0.25, 0.3) is 0 Å². The smallest absolute Gasteiger partial charge is 0.0246 e. The Morgan fingerprint density at radius 2 is 0.955 bits per heavy atom. The molecule has 0 unspecified atom stereocenters. The number of hydrogen-bond acceptors (Lipinski definition) is 0. The first-order chi connectivity index (χ1) is 10.7. The molecule has 0 aliphatic heterocycles. The molecule has 0 bridgehead atoms. The second-order valence-electron chi connectivity index (χ2n) is 4.82. The third kappa shape index (κ3) is 6.52. The zero-order valence-corrected chi connectivity index (χ0v) is 15.4. The van der Waals surface area contributed by atoms with Crippen LogP contribution in [0.1, 0.15) is 36.8 Å². The summed E-state index contributed by atoms with van der Waals surface area (Å²) in [6, 6.07) is 16.2. The minimum atomic E-state index is 0.927. The van der Waals surface area contributed by atoms with Crippen LogP contribution >= 0.6 is 31.9 Å². The molecule has 0 saturated heterocycles. The van der Waals surface area contributed by atoms with Crippen molar-refractivity contribution in [2.24, 2.45) is 0 Å². The fourth-order valence-electron chi connectivity index (χ4n) is 1.82. The molecule has 0 radical (unpaired) electrons. The summed E-state index contributed by atoms with van der Waals surface area (Å²) in [5.41, 5.74) is 2.14. The van der Waals surface area contributed by atoms with E-state index in [0.717, 1.165) is 45.8 Å². The second-order valence-corrected chi connectivity index (χ2v) is 6.66. The van der Waals surface area contributed by atoms with Crippen molar-refractivity contribution in [2.75, 3.05) is 0 Å². The predicted octanol–water partition coefficient (Wildman–Crippen LogP) is 6.18. The Morgan fingerprint density at radius 1 is 0.591 bits per heavy atom. The molecule has 0 aliphatic rings. The third-order valence-corrected chi connectivity index (χ3v) is 4.06. The molecule has 0 nitrogen and oxygen atoms in total. The highest BCUT2D eigenvalue weighted by Crippen LogP contribution is 2.10. The van der Waals surface area contributed by atoms with Crippen LogP contribution in [0.3, 0.4) is 0 Å². The van der Waals surface area contributed by atoms with Gasteiger partial charge in [0.05, 0.1) is 0 Å². The van der Waals surface area contributed by atoms with Gasteiger partial charge in [-0.05, 0) is 61.4 Å². The highest BCUT2D eigenvalue weighted by molar-refractivity contribution is 9.10. The highest BCUT2D eigenvalue weighted by atomic mass is 79.9. The first-order valence-corrected chi connectivity index (χ1v) is 8.81. The molecule has 2 rings (SSSR count). The minimum Gasteiger partial charge on any atom is -0.0979 e. The van der Waals surface area contributed by atoms with Crippen LogP contribution in [-0.4, -0.2) is 0 Å². The fraction of sp³-hybridized carbons (Fsp3) is 0.200. The zero-order valence-electron chi connectivity index (χ0n) is 12.2. The van der Waals surface area contributed by atoms with E-state index in [1.54, 1.807) is 0 Å². The molecule has 0 amide bonds. The van der Waals surface area contributed by atoms with Gasteiger partial charge >= 0.3 is 0 Å². The standard InChI is InChI=1S/C20H16Br2/c21-19-13-9-17(10-14-19)7-5-3-1-2-4-6-8-18-11-15-20(22)16-12-18/h9-16H,1-4H2. The van der Waals surface area contributed by atoms with Crippen LogP contribution in [0.4, 0.5) is 0 Å². The second kappa shape index (κ2) is 9.52. The maximum atomic E-state index is 3.42. The van der Waals surface area contributed by atoms with Crippen molar-refractivity contribution in [3.63, 3.8) is 0 Å². The van der Waals surface area contributed by atoms with Gasteiger partial charge in [0.2, 0.25) is 0 Å². The first kappa shape index (κ1) is 16.9. The lowest BCUT2D eigenvalue weighted by Crippen LogP contribution is -1.76. The molecular formula is C20H16Br2. The van der Waals surface area contributed by atoms with Crippen molar-refractivity contribution in [1.82, 2.24) is 0 Å². The van der Waals surface area contributed by atoms with Crippen LogP contribution in [0.25, 0.3) is 0 Å². The molecular weight excluding hydrogens is 400 g/mol. The molecule has 0 spiro atoms. The lowest BCUT2D eigenvalue weighted by atomic mass is 10.1. The maximum Gasteiger partial charge on any atom is 0.0246 e. The van der Waals surface area contributed by atoms with Gasteiger partial charge in [-0.15, -0.1) is 0 Å². The summed E-state index contributed by atoms with van der Waals surface area (Å²) < 4.78 is 2.17. The summed E-state index contributed by atoms with van der Waals surface area (Å²) in [6.45, 7) is 0. The summed E-state index contributed by atoms with van der Waals surface area (Å²) >= 11 is 6.84. The van der Waals surface area contributed by atoms with E-state index in [2.05, 4.69) is 55.5 Å². The zero-order chi connectivity index (χ0) is 15.6. The summed E-state index contributed by atoms with van der Waals surface area (Å²) in [7, 11) is 0. The molecule has 110 valence electrons. The van der Waals surface area contributed by atoms with Gasteiger partial charge in [-0.25, -0.2) is 0 Å². The van der Waals surface area contributed by atoms with E-state index < -0.39 is 0 Å². The molecule has 2 aromatic rings. The van der Waals surface area contributed by atoms with Crippen molar-refractivity contribution in [3.8, 4) is 23.7 Å². The molecule has 0 N–H and O–H groups in total. The largest absolute Gasteiger partial charge is 0.0979 e. The number of rotatable bonds is 3. The van der Waals surface area contributed by atoms with Gasteiger partial charge in [0, 0.05) is 32.9 Å². The van der Waals surface area contributed by atoms with Crippen molar-refractivity contribution < 1.29 is 0 Å². The van der Waals surface area contributed by atoms with Crippen LogP contribution < -0.4 is 0 Å². The molecule has 2 aromatic carbocycles. The lowest BCUT2D eigenvalue weighted by Gasteiger charge is -1.92. The summed E-state index contributed by atoms with van der Waals surface area (Å²) in [4.78, 5) is 0. The number of unbranched alkanes of at least 4 members (excludes halogenated alkanes) is 3. The van der Waals surface area contributed by atoms with Crippen LogP contribution in [0, 0.1) is 23.7 Å². The van der Waals surface area contributed by atoms with Crippen molar-refractivity contribution in [1.29, 1.82) is 0 Å². The Bertz CT molecular complexity index is 639. The maximum absolute atomic E-state index is 3.42. The van der Waals surface area contributed by atoms with E-state index in [9.17, 15) is 0 Å². The molecule has 22 heavy (non-hydrogen) atoms. The summed E-state index contributed by atoms with van der Waals surface area (Å²) in [5, 5.41) is 0. The fourth-order valence-corrected chi connectivity index (χ4v) is 2.35. The van der Waals surface area contributed by atoms with E-state index in [1.165, 1.54) is 0 Å². The average molecular weight is 416 g/mol. The van der Waals surface area contributed by atoms with Crippen molar-refractivity contribution in [3.05, 3.63) is 68.6 Å². The minimum absolute atomic E-state index is 0.927. The molecule has 0 saturated carbocycles. The number of halogens is 2. The Kier molecular flexibility index (Phi) is 7.31. The van der Waals surface area contributed by atoms with E-state index >= 15 is 0 Å². The molecule has 0 heterocycles. The van der Waals surface area contributed by atoms with E-state index in [0.29, 0.717) is 0 Å². The average Bonchev–Trinajstić information content (AvgIpc) is 2.53. The highest BCUT2D eigenvalue weighted by Gasteiger charge is 1.88. The normalized spacial score (nSPS) is 9.36. The Hall–Kier alpha value is -1.48. The van der Waals surface area contributed by atoms with Gasteiger partial charge in [-0.2, -0.15) is 0 Å². The van der Waals surface area contributed by atoms with E-state index in [4.69, 9.17) is 0 Å². The molecule has 0 atom stereocenters. The quantitative estimate of drug-likeness (QED) is 0.415. The van der Waals surface area contributed by atoms with Gasteiger partial charge in [0.15, 0.2) is 0 Å². The molecule has 0 aromatic heterocycles. The van der Waals surface area contributed by atoms with Crippen LogP contribution in [0.15, 0.2) is 57.5 Å². The first-order valence-electron chi connectivity index (χ1n) is 7.23.